The Hall–Kier alpha value is -2.12. The smallest absolute Gasteiger partial charge is 0.239 e. The van der Waals surface area contributed by atoms with Gasteiger partial charge in [-0.15, -0.1) is 0 Å². The molecule has 24 heavy (non-hydrogen) atoms. The molecule has 2 aromatic rings. The van der Waals surface area contributed by atoms with Crippen molar-refractivity contribution in [2.75, 3.05) is 18.2 Å². The molecule has 0 atom stereocenters. The number of sulfone groups is 1. The van der Waals surface area contributed by atoms with Gasteiger partial charge in [0.25, 0.3) is 0 Å². The fourth-order valence-corrected chi connectivity index (χ4v) is 3.63. The number of carbonyl (C=O) groups is 1. The fourth-order valence-electron chi connectivity index (χ4n) is 2.01. The number of rotatable bonds is 6. The monoisotopic (exact) mass is 371 g/mol. The van der Waals surface area contributed by atoms with E-state index in [0.29, 0.717) is 11.4 Å². The topological polar surface area (TPSA) is 72.5 Å². The highest BCUT2D eigenvalue weighted by molar-refractivity contribution is 7.91. The Morgan fingerprint density at radius 1 is 1.21 bits per heavy atom. The van der Waals surface area contributed by atoms with Gasteiger partial charge in [-0.1, -0.05) is 17.7 Å². The average molecular weight is 372 g/mol. The lowest BCUT2D eigenvalue weighted by molar-refractivity contribution is -0.113. The number of benzene rings is 2. The summed E-state index contributed by atoms with van der Waals surface area (Å²) in [6, 6.07) is 10.3. The summed E-state index contributed by atoms with van der Waals surface area (Å²) < 4.78 is 42.9. The second-order valence-corrected chi connectivity index (χ2v) is 7.48. The normalized spacial score (nSPS) is 11.1. The van der Waals surface area contributed by atoms with E-state index in [-0.39, 0.29) is 10.6 Å². The summed E-state index contributed by atoms with van der Waals surface area (Å²) in [5.41, 5.74) is 0.288. The van der Waals surface area contributed by atoms with E-state index in [2.05, 4.69) is 5.32 Å². The predicted molar refractivity (Wildman–Crippen MR) is 90.5 cm³/mol. The van der Waals surface area contributed by atoms with Crippen molar-refractivity contribution in [3.63, 3.8) is 0 Å². The van der Waals surface area contributed by atoms with Gasteiger partial charge in [-0.05, 0) is 36.4 Å². The van der Waals surface area contributed by atoms with E-state index in [4.69, 9.17) is 16.3 Å². The lowest BCUT2D eigenvalue weighted by Gasteiger charge is -2.09. The van der Waals surface area contributed by atoms with E-state index >= 15 is 0 Å². The maximum Gasteiger partial charge on any atom is 0.239 e. The molecule has 0 fully saturated rings. The molecule has 0 heterocycles. The largest absolute Gasteiger partial charge is 0.497 e. The van der Waals surface area contributed by atoms with Gasteiger partial charge in [0.15, 0.2) is 9.84 Å². The van der Waals surface area contributed by atoms with Crippen molar-refractivity contribution in [1.29, 1.82) is 0 Å². The Kier molecular flexibility index (Phi) is 5.80. The number of anilines is 1. The van der Waals surface area contributed by atoms with Gasteiger partial charge in [0.2, 0.25) is 5.91 Å². The van der Waals surface area contributed by atoms with E-state index in [0.717, 1.165) is 6.07 Å². The quantitative estimate of drug-likeness (QED) is 0.847. The third kappa shape index (κ3) is 4.94. The van der Waals surface area contributed by atoms with Crippen molar-refractivity contribution in [2.24, 2.45) is 0 Å². The van der Waals surface area contributed by atoms with Crippen LogP contribution in [0.3, 0.4) is 0 Å². The van der Waals surface area contributed by atoms with E-state index in [1.165, 1.54) is 19.2 Å². The minimum atomic E-state index is -3.87. The van der Waals surface area contributed by atoms with Gasteiger partial charge in [0.1, 0.15) is 17.3 Å². The maximum atomic E-state index is 13.7. The van der Waals surface area contributed by atoms with Gasteiger partial charge in [0.05, 0.1) is 12.9 Å². The zero-order valence-corrected chi connectivity index (χ0v) is 14.3. The molecule has 1 amide bonds. The molecule has 0 unspecified atom stereocenters. The van der Waals surface area contributed by atoms with E-state index < -0.39 is 33.1 Å². The first-order chi connectivity index (χ1) is 11.3. The third-order valence-corrected chi connectivity index (χ3v) is 4.94. The highest BCUT2D eigenvalue weighted by atomic mass is 35.5. The SMILES string of the molecule is COc1ccc(NC(=O)CS(=O)(=O)Cc2c(F)cccc2Cl)cc1. The molecule has 0 aliphatic carbocycles. The van der Waals surface area contributed by atoms with Gasteiger partial charge in [-0.25, -0.2) is 12.8 Å². The number of hydrogen-bond donors (Lipinski definition) is 1. The molecular weight excluding hydrogens is 357 g/mol. The lowest BCUT2D eigenvalue weighted by Crippen LogP contribution is -2.24. The minimum absolute atomic E-state index is 0.00846. The Morgan fingerprint density at radius 3 is 2.46 bits per heavy atom. The van der Waals surface area contributed by atoms with Crippen LogP contribution in [0.4, 0.5) is 10.1 Å². The average Bonchev–Trinajstić information content (AvgIpc) is 2.51. The number of ether oxygens (including phenoxy) is 1. The third-order valence-electron chi connectivity index (χ3n) is 3.15. The van der Waals surface area contributed by atoms with E-state index in [9.17, 15) is 17.6 Å². The standard InChI is InChI=1S/C16H15ClFNO4S/c1-23-12-7-5-11(6-8-12)19-16(20)10-24(21,22)9-13-14(17)3-2-4-15(13)18/h2-8H,9-10H2,1H3,(H,19,20). The second-order valence-electron chi connectivity index (χ2n) is 5.01. The molecule has 2 aromatic carbocycles. The zero-order valence-electron chi connectivity index (χ0n) is 12.8. The number of carbonyl (C=O) groups excluding carboxylic acids is 1. The zero-order chi connectivity index (χ0) is 17.7. The predicted octanol–water partition coefficient (Wildman–Crippen LogP) is 3.04. The highest BCUT2D eigenvalue weighted by Crippen LogP contribution is 2.22. The molecular formula is C16H15ClFNO4S. The van der Waals surface area contributed by atoms with Crippen LogP contribution in [0, 0.1) is 5.82 Å². The highest BCUT2D eigenvalue weighted by Gasteiger charge is 2.21. The van der Waals surface area contributed by atoms with Crippen LogP contribution in [0.5, 0.6) is 5.75 Å². The fraction of sp³-hybridized carbons (Fsp3) is 0.188. The Bertz CT molecular complexity index is 817. The summed E-state index contributed by atoms with van der Waals surface area (Å²) >= 11 is 5.81. The maximum absolute atomic E-state index is 13.7. The molecule has 0 aliphatic rings. The van der Waals surface area contributed by atoms with E-state index in [1.807, 2.05) is 0 Å². The van der Waals surface area contributed by atoms with Crippen molar-refractivity contribution in [1.82, 2.24) is 0 Å². The van der Waals surface area contributed by atoms with Crippen LogP contribution in [-0.2, 0) is 20.4 Å². The van der Waals surface area contributed by atoms with Crippen molar-refractivity contribution in [2.45, 2.75) is 5.75 Å². The molecule has 0 saturated carbocycles. The van der Waals surface area contributed by atoms with Gasteiger partial charge in [0, 0.05) is 16.3 Å². The first kappa shape index (κ1) is 18.2. The lowest BCUT2D eigenvalue weighted by atomic mass is 10.2. The number of halogens is 2. The van der Waals surface area contributed by atoms with Crippen LogP contribution < -0.4 is 10.1 Å². The summed E-state index contributed by atoms with van der Waals surface area (Å²) in [5, 5.41) is 2.47. The molecule has 5 nitrogen and oxygen atoms in total. The molecule has 128 valence electrons. The van der Waals surface area contributed by atoms with Crippen LogP contribution in [0.15, 0.2) is 42.5 Å². The molecule has 0 bridgehead atoms. The second kappa shape index (κ2) is 7.63. The van der Waals surface area contributed by atoms with Gasteiger partial charge < -0.3 is 10.1 Å². The summed E-state index contributed by atoms with van der Waals surface area (Å²) in [5.74, 6) is -2.25. The van der Waals surface area contributed by atoms with Gasteiger partial charge in [-0.3, -0.25) is 4.79 Å². The summed E-state index contributed by atoms with van der Waals surface area (Å²) in [4.78, 5) is 11.9. The number of amides is 1. The minimum Gasteiger partial charge on any atom is -0.497 e. The van der Waals surface area contributed by atoms with Crippen LogP contribution in [0.25, 0.3) is 0 Å². The molecule has 2 rings (SSSR count). The van der Waals surface area contributed by atoms with Crippen molar-refractivity contribution in [3.8, 4) is 5.75 Å². The first-order valence-corrected chi connectivity index (χ1v) is 9.08. The van der Waals surface area contributed by atoms with Crippen molar-refractivity contribution >= 4 is 33.0 Å². The molecule has 0 radical (unpaired) electrons. The Labute approximate surface area is 144 Å². The molecule has 0 aromatic heterocycles. The van der Waals surface area contributed by atoms with E-state index in [1.54, 1.807) is 24.3 Å². The van der Waals surface area contributed by atoms with Crippen LogP contribution >= 0.6 is 11.6 Å². The van der Waals surface area contributed by atoms with Gasteiger partial charge in [-0.2, -0.15) is 0 Å². The summed E-state index contributed by atoms with van der Waals surface area (Å²) in [6.45, 7) is 0. The molecule has 1 N–H and O–H groups in total. The molecule has 0 saturated heterocycles. The van der Waals surface area contributed by atoms with Crippen LogP contribution in [-0.4, -0.2) is 27.2 Å². The Morgan fingerprint density at radius 2 is 1.88 bits per heavy atom. The summed E-state index contributed by atoms with van der Waals surface area (Å²) in [7, 11) is -2.37. The first-order valence-electron chi connectivity index (χ1n) is 6.88. The van der Waals surface area contributed by atoms with Crippen molar-refractivity contribution < 1.29 is 22.3 Å². The molecule has 0 aliphatic heterocycles. The van der Waals surface area contributed by atoms with Crippen molar-refractivity contribution in [3.05, 3.63) is 58.9 Å². The van der Waals surface area contributed by atoms with Crippen LogP contribution in [0.1, 0.15) is 5.56 Å². The number of methoxy groups -OCH3 is 1. The van der Waals surface area contributed by atoms with Gasteiger partial charge >= 0.3 is 0 Å². The summed E-state index contributed by atoms with van der Waals surface area (Å²) in [6.07, 6.45) is 0. The molecule has 0 spiro atoms. The van der Waals surface area contributed by atoms with Crippen LogP contribution in [0.2, 0.25) is 5.02 Å². The molecule has 8 heteroatoms. The number of hydrogen-bond acceptors (Lipinski definition) is 4. The number of nitrogens with one attached hydrogen (secondary N) is 1. The Balaban J connectivity index is 2.04.